The Labute approximate surface area is 193 Å². The number of rotatable bonds is 4. The molecule has 0 radical (unpaired) electrons. The highest BCUT2D eigenvalue weighted by Crippen LogP contribution is 2.31. The average Bonchev–Trinajstić information content (AvgIpc) is 3.31. The Bertz CT molecular complexity index is 1400. The molecule has 1 aliphatic rings. The van der Waals surface area contributed by atoms with Gasteiger partial charge in [-0.25, -0.2) is 9.38 Å². The summed E-state index contributed by atoms with van der Waals surface area (Å²) in [6.45, 7) is 4.09. The van der Waals surface area contributed by atoms with Crippen LogP contribution in [0.4, 0.5) is 5.95 Å². The van der Waals surface area contributed by atoms with Crippen molar-refractivity contribution >= 4 is 22.5 Å². The third-order valence-electron chi connectivity index (χ3n) is 6.77. The first-order chi connectivity index (χ1) is 16.3. The summed E-state index contributed by atoms with van der Waals surface area (Å²) in [5.74, 6) is 2.50. The molecule has 1 aliphatic heterocycles. The first kappa shape index (κ1) is 19.9. The van der Waals surface area contributed by atoms with Gasteiger partial charge in [0.1, 0.15) is 0 Å². The van der Waals surface area contributed by atoms with Crippen molar-refractivity contribution in [3.63, 3.8) is 0 Å². The van der Waals surface area contributed by atoms with Gasteiger partial charge in [-0.05, 0) is 49.8 Å². The van der Waals surface area contributed by atoms with E-state index < -0.39 is 0 Å². The Hall–Kier alpha value is -3.73. The van der Waals surface area contributed by atoms with Crippen LogP contribution in [0.1, 0.15) is 24.0 Å². The molecule has 6 rings (SSSR count). The van der Waals surface area contributed by atoms with E-state index in [1.165, 1.54) is 11.1 Å². The van der Waals surface area contributed by atoms with Gasteiger partial charge in [0, 0.05) is 24.0 Å². The molecule has 5 nitrogen and oxygen atoms in total. The second-order valence-corrected chi connectivity index (χ2v) is 9.10. The molecule has 5 aromatic rings. The summed E-state index contributed by atoms with van der Waals surface area (Å²) < 4.78 is 2.16. The lowest BCUT2D eigenvalue weighted by molar-refractivity contribution is 0.400. The number of aryl methyl sites for hydroxylation is 1. The van der Waals surface area contributed by atoms with Crippen molar-refractivity contribution in [1.29, 1.82) is 0 Å². The van der Waals surface area contributed by atoms with E-state index in [0.717, 1.165) is 66.2 Å². The summed E-state index contributed by atoms with van der Waals surface area (Å²) in [6.07, 6.45) is 3.47. The van der Waals surface area contributed by atoms with Gasteiger partial charge >= 0.3 is 0 Å². The Balaban J connectivity index is 1.40. The zero-order chi connectivity index (χ0) is 22.2. The molecule has 3 heterocycles. The first-order valence-corrected chi connectivity index (χ1v) is 11.8. The maximum absolute atomic E-state index is 5.14. The Kier molecular flexibility index (Phi) is 5.02. The molecule has 1 saturated heterocycles. The Morgan fingerprint density at radius 3 is 2.33 bits per heavy atom. The maximum atomic E-state index is 5.14. The van der Waals surface area contributed by atoms with E-state index in [0.29, 0.717) is 5.92 Å². The highest BCUT2D eigenvalue weighted by molar-refractivity contribution is 5.94. The lowest BCUT2D eigenvalue weighted by Gasteiger charge is -2.33. The van der Waals surface area contributed by atoms with Crippen molar-refractivity contribution < 1.29 is 0 Å². The molecule has 0 unspecified atom stereocenters. The van der Waals surface area contributed by atoms with Crippen molar-refractivity contribution in [1.82, 2.24) is 19.6 Å². The molecular weight excluding hydrogens is 406 g/mol. The molecular formula is C28H27N5. The number of benzene rings is 3. The Morgan fingerprint density at radius 1 is 0.848 bits per heavy atom. The normalized spacial score (nSPS) is 14.9. The summed E-state index contributed by atoms with van der Waals surface area (Å²) in [5, 5.41) is 10.3. The van der Waals surface area contributed by atoms with Crippen LogP contribution in [0, 0.1) is 12.8 Å². The standard InChI is InChI=1S/C28H27N5/c1-20-12-13-25-24(18-20)27-31-30-26(23-10-6-3-7-11-23)33(27)28(29-25)32-16-14-22(15-17-32)19-21-8-4-2-5-9-21/h2-13,18,22H,14-17,19H2,1H3. The van der Waals surface area contributed by atoms with Crippen LogP contribution in [0.25, 0.3) is 27.9 Å². The van der Waals surface area contributed by atoms with E-state index in [1.54, 1.807) is 0 Å². The van der Waals surface area contributed by atoms with Crippen LogP contribution in [0.3, 0.4) is 0 Å². The molecule has 0 saturated carbocycles. The molecule has 0 atom stereocenters. The number of fused-ring (bicyclic) bond motifs is 3. The average molecular weight is 434 g/mol. The highest BCUT2D eigenvalue weighted by atomic mass is 15.4. The van der Waals surface area contributed by atoms with Gasteiger partial charge in [0.05, 0.1) is 5.52 Å². The van der Waals surface area contributed by atoms with E-state index in [1.807, 2.05) is 18.2 Å². The van der Waals surface area contributed by atoms with E-state index in [9.17, 15) is 0 Å². The fourth-order valence-corrected chi connectivity index (χ4v) is 5.00. The first-order valence-electron chi connectivity index (χ1n) is 11.8. The minimum atomic E-state index is 0.705. The number of hydrogen-bond donors (Lipinski definition) is 0. The molecule has 1 fully saturated rings. The zero-order valence-corrected chi connectivity index (χ0v) is 18.9. The molecule has 5 heteroatoms. The van der Waals surface area contributed by atoms with E-state index in [-0.39, 0.29) is 0 Å². The van der Waals surface area contributed by atoms with E-state index >= 15 is 0 Å². The number of piperidine rings is 1. The van der Waals surface area contributed by atoms with Crippen LogP contribution in [-0.4, -0.2) is 32.7 Å². The van der Waals surface area contributed by atoms with Gasteiger partial charge in [0.15, 0.2) is 11.5 Å². The van der Waals surface area contributed by atoms with Gasteiger partial charge in [-0.3, -0.25) is 0 Å². The van der Waals surface area contributed by atoms with E-state index in [2.05, 4.69) is 87.1 Å². The van der Waals surface area contributed by atoms with Crippen LogP contribution < -0.4 is 4.90 Å². The molecule has 3 aromatic carbocycles. The molecule has 33 heavy (non-hydrogen) atoms. The zero-order valence-electron chi connectivity index (χ0n) is 18.9. The van der Waals surface area contributed by atoms with Gasteiger partial charge in [-0.15, -0.1) is 10.2 Å². The van der Waals surface area contributed by atoms with Crippen LogP contribution in [0.15, 0.2) is 78.9 Å². The fourth-order valence-electron chi connectivity index (χ4n) is 5.00. The minimum Gasteiger partial charge on any atom is -0.342 e. The smallest absolute Gasteiger partial charge is 0.213 e. The third kappa shape index (κ3) is 3.74. The van der Waals surface area contributed by atoms with Gasteiger partial charge in [0.25, 0.3) is 0 Å². The lowest BCUT2D eigenvalue weighted by atomic mass is 9.90. The van der Waals surface area contributed by atoms with E-state index in [4.69, 9.17) is 4.98 Å². The van der Waals surface area contributed by atoms with Gasteiger partial charge in [-0.1, -0.05) is 72.3 Å². The summed E-state index contributed by atoms with van der Waals surface area (Å²) in [7, 11) is 0. The lowest BCUT2D eigenvalue weighted by Crippen LogP contribution is -2.36. The molecule has 164 valence electrons. The molecule has 0 spiro atoms. The molecule has 0 bridgehead atoms. The summed E-state index contributed by atoms with van der Waals surface area (Å²) in [6, 6.07) is 27.5. The Morgan fingerprint density at radius 2 is 1.58 bits per heavy atom. The molecule has 2 aromatic heterocycles. The van der Waals surface area contributed by atoms with Crippen molar-refractivity contribution in [2.24, 2.45) is 5.92 Å². The van der Waals surface area contributed by atoms with Crippen LogP contribution in [0.2, 0.25) is 0 Å². The quantitative estimate of drug-likeness (QED) is 0.364. The van der Waals surface area contributed by atoms with Gasteiger partial charge < -0.3 is 4.90 Å². The SMILES string of the molecule is Cc1ccc2nc(N3CCC(Cc4ccccc4)CC3)n3c(-c4ccccc4)nnc3c2c1. The third-order valence-corrected chi connectivity index (χ3v) is 6.77. The summed E-state index contributed by atoms with van der Waals surface area (Å²) in [4.78, 5) is 7.56. The van der Waals surface area contributed by atoms with Crippen molar-refractivity contribution in [2.45, 2.75) is 26.2 Å². The predicted molar refractivity (Wildman–Crippen MR) is 134 cm³/mol. The van der Waals surface area contributed by atoms with Gasteiger partial charge in [-0.2, -0.15) is 0 Å². The highest BCUT2D eigenvalue weighted by Gasteiger charge is 2.25. The van der Waals surface area contributed by atoms with Gasteiger partial charge in [0.2, 0.25) is 5.95 Å². The van der Waals surface area contributed by atoms with Crippen LogP contribution in [0.5, 0.6) is 0 Å². The van der Waals surface area contributed by atoms with Crippen molar-refractivity contribution in [3.05, 3.63) is 90.0 Å². The molecule has 0 N–H and O–H groups in total. The van der Waals surface area contributed by atoms with Crippen LogP contribution in [-0.2, 0) is 6.42 Å². The van der Waals surface area contributed by atoms with Crippen molar-refractivity contribution in [3.8, 4) is 11.4 Å². The maximum Gasteiger partial charge on any atom is 0.213 e. The summed E-state index contributed by atoms with van der Waals surface area (Å²) >= 11 is 0. The monoisotopic (exact) mass is 433 g/mol. The minimum absolute atomic E-state index is 0.705. The molecule has 0 aliphatic carbocycles. The second-order valence-electron chi connectivity index (χ2n) is 9.10. The topological polar surface area (TPSA) is 46.3 Å². The largest absolute Gasteiger partial charge is 0.342 e. The van der Waals surface area contributed by atoms with Crippen molar-refractivity contribution in [2.75, 3.05) is 18.0 Å². The van der Waals surface area contributed by atoms with Crippen LogP contribution >= 0.6 is 0 Å². The fraction of sp³-hybridized carbons (Fsp3) is 0.250. The molecule has 0 amide bonds. The number of hydrogen-bond acceptors (Lipinski definition) is 4. The number of anilines is 1. The number of nitrogens with zero attached hydrogens (tertiary/aromatic N) is 5. The second kappa shape index (κ2) is 8.32. The number of aromatic nitrogens is 4. The predicted octanol–water partition coefficient (Wildman–Crippen LogP) is 5.71. The summed E-state index contributed by atoms with van der Waals surface area (Å²) in [5.41, 5.74) is 5.54.